The van der Waals surface area contributed by atoms with E-state index in [1.165, 1.54) is 69.3 Å². The van der Waals surface area contributed by atoms with Crippen molar-refractivity contribution in [3.05, 3.63) is 53.1 Å². The molecule has 2 aromatic rings. The fraction of sp³-hybridized carbons (Fsp3) is 0.556. The quantitative estimate of drug-likeness (QED) is 0.266. The molecule has 3 heteroatoms. The molecule has 0 bridgehead atoms. The fourth-order valence-corrected chi connectivity index (χ4v) is 4.35. The summed E-state index contributed by atoms with van der Waals surface area (Å²) in [6.07, 6.45) is 9.76. The van der Waals surface area contributed by atoms with Crippen LogP contribution < -0.4 is 4.74 Å². The molecule has 0 heterocycles. The minimum atomic E-state index is 0.788. The lowest BCUT2D eigenvalue weighted by Crippen LogP contribution is -2.26. The first-order valence-electron chi connectivity index (χ1n) is 11.9. The largest absolute Gasteiger partial charge is 0.493 e. The molecule has 0 atom stereocenters. The van der Waals surface area contributed by atoms with E-state index in [0.29, 0.717) is 0 Å². The lowest BCUT2D eigenvalue weighted by atomic mass is 9.97. The Morgan fingerprint density at radius 1 is 0.733 bits per heavy atom. The van der Waals surface area contributed by atoms with Crippen molar-refractivity contribution < 1.29 is 4.74 Å². The summed E-state index contributed by atoms with van der Waals surface area (Å²) < 4.78 is 6.19. The maximum absolute atomic E-state index is 6.44. The molecule has 166 valence electrons. The number of hydrogen-bond donors (Lipinski definition) is 0. The Morgan fingerprint density at radius 2 is 1.40 bits per heavy atom. The van der Waals surface area contributed by atoms with Crippen LogP contribution in [-0.2, 0) is 6.42 Å². The van der Waals surface area contributed by atoms with Crippen molar-refractivity contribution >= 4 is 11.6 Å². The molecular formula is C27H40ClNO. The minimum absolute atomic E-state index is 0.788. The fourth-order valence-electron chi connectivity index (χ4n) is 4.12. The topological polar surface area (TPSA) is 12.5 Å². The maximum Gasteiger partial charge on any atom is 0.123 e. The second-order valence-electron chi connectivity index (χ2n) is 8.07. The number of ether oxygens (including phenoxy) is 1. The van der Waals surface area contributed by atoms with Crippen molar-refractivity contribution in [3.8, 4) is 16.9 Å². The summed E-state index contributed by atoms with van der Waals surface area (Å²) in [7, 11) is 0. The van der Waals surface area contributed by atoms with E-state index in [9.17, 15) is 0 Å². The highest BCUT2D eigenvalue weighted by atomic mass is 35.5. The van der Waals surface area contributed by atoms with Gasteiger partial charge in [-0.15, -0.1) is 0 Å². The smallest absolute Gasteiger partial charge is 0.123 e. The zero-order valence-electron chi connectivity index (χ0n) is 19.3. The zero-order valence-corrected chi connectivity index (χ0v) is 20.0. The van der Waals surface area contributed by atoms with Gasteiger partial charge in [0.2, 0.25) is 0 Å². The first kappa shape index (κ1) is 24.8. The second kappa shape index (κ2) is 14.5. The molecule has 0 radical (unpaired) electrons. The highest BCUT2D eigenvalue weighted by Crippen LogP contribution is 2.35. The normalized spacial score (nSPS) is 11.2. The van der Waals surface area contributed by atoms with Crippen molar-refractivity contribution in [3.63, 3.8) is 0 Å². The Morgan fingerprint density at radius 3 is 2.10 bits per heavy atom. The van der Waals surface area contributed by atoms with Gasteiger partial charge in [0.15, 0.2) is 0 Å². The maximum atomic E-state index is 6.44. The van der Waals surface area contributed by atoms with Crippen LogP contribution in [-0.4, -0.2) is 31.1 Å². The van der Waals surface area contributed by atoms with Gasteiger partial charge in [0.25, 0.3) is 0 Å². The molecular weight excluding hydrogens is 390 g/mol. The predicted octanol–water partition coefficient (Wildman–Crippen LogP) is 8.02. The Kier molecular flexibility index (Phi) is 12.0. The molecule has 0 fully saturated rings. The summed E-state index contributed by atoms with van der Waals surface area (Å²) >= 11 is 6.44. The Balaban J connectivity index is 1.75. The van der Waals surface area contributed by atoms with Crippen LogP contribution in [0.3, 0.4) is 0 Å². The van der Waals surface area contributed by atoms with Gasteiger partial charge in [-0.25, -0.2) is 0 Å². The van der Waals surface area contributed by atoms with Gasteiger partial charge < -0.3 is 9.64 Å². The monoisotopic (exact) mass is 429 g/mol. The lowest BCUT2D eigenvalue weighted by molar-refractivity contribution is 0.266. The van der Waals surface area contributed by atoms with E-state index in [1.807, 2.05) is 18.2 Å². The van der Waals surface area contributed by atoms with Crippen LogP contribution in [0.15, 0.2) is 42.5 Å². The third-order valence-electron chi connectivity index (χ3n) is 5.61. The van der Waals surface area contributed by atoms with E-state index in [1.54, 1.807) is 0 Å². The number of unbranched alkanes of at least 4 members (excludes halogenated alkanes) is 4. The lowest BCUT2D eigenvalue weighted by Gasteiger charge is -2.20. The standard InChI is InChI=1S/C27H40ClNO/c1-4-19-29(20-5-2)21-12-8-7-9-13-22-30-27-18-14-16-24(23(27)6-3)25-15-10-11-17-26(25)28/h10-11,14-18H,4-9,12-13,19-22H2,1-3H3. The van der Waals surface area contributed by atoms with Gasteiger partial charge in [-0.2, -0.15) is 0 Å². The van der Waals surface area contributed by atoms with Crippen LogP contribution >= 0.6 is 11.6 Å². The average molecular weight is 430 g/mol. The number of hydrogen-bond acceptors (Lipinski definition) is 2. The molecule has 0 unspecified atom stereocenters. The predicted molar refractivity (Wildman–Crippen MR) is 132 cm³/mol. The highest BCUT2D eigenvalue weighted by Gasteiger charge is 2.12. The van der Waals surface area contributed by atoms with Crippen molar-refractivity contribution in [2.75, 3.05) is 26.2 Å². The molecule has 0 saturated heterocycles. The van der Waals surface area contributed by atoms with Gasteiger partial charge in [0.1, 0.15) is 5.75 Å². The summed E-state index contributed by atoms with van der Waals surface area (Å²) in [6, 6.07) is 14.4. The van der Waals surface area contributed by atoms with E-state index in [4.69, 9.17) is 16.3 Å². The Hall–Kier alpha value is -1.51. The van der Waals surface area contributed by atoms with Gasteiger partial charge in [-0.1, -0.05) is 82.0 Å². The molecule has 0 saturated carbocycles. The Bertz CT molecular complexity index is 725. The van der Waals surface area contributed by atoms with Gasteiger partial charge in [-0.3, -0.25) is 0 Å². The van der Waals surface area contributed by atoms with Crippen molar-refractivity contribution in [1.82, 2.24) is 4.90 Å². The summed E-state index contributed by atoms with van der Waals surface area (Å²) in [5, 5.41) is 0.792. The zero-order chi connectivity index (χ0) is 21.6. The number of nitrogens with zero attached hydrogens (tertiary/aromatic N) is 1. The Labute approximate surface area is 189 Å². The minimum Gasteiger partial charge on any atom is -0.493 e. The van der Waals surface area contributed by atoms with Crippen molar-refractivity contribution in [1.29, 1.82) is 0 Å². The summed E-state index contributed by atoms with van der Waals surface area (Å²) in [5.41, 5.74) is 3.52. The van der Waals surface area contributed by atoms with E-state index < -0.39 is 0 Å². The van der Waals surface area contributed by atoms with E-state index >= 15 is 0 Å². The van der Waals surface area contributed by atoms with Gasteiger partial charge in [0.05, 0.1) is 6.61 Å². The first-order chi connectivity index (χ1) is 14.7. The van der Waals surface area contributed by atoms with Crippen LogP contribution in [0.5, 0.6) is 5.75 Å². The number of rotatable bonds is 15. The number of halogens is 1. The van der Waals surface area contributed by atoms with Crippen molar-refractivity contribution in [2.45, 2.75) is 72.1 Å². The average Bonchev–Trinajstić information content (AvgIpc) is 2.76. The second-order valence-corrected chi connectivity index (χ2v) is 8.48. The van der Waals surface area contributed by atoms with Gasteiger partial charge in [0, 0.05) is 16.1 Å². The molecule has 0 N–H and O–H groups in total. The molecule has 0 spiro atoms. The first-order valence-corrected chi connectivity index (χ1v) is 12.3. The molecule has 0 aliphatic carbocycles. The third kappa shape index (κ3) is 7.96. The van der Waals surface area contributed by atoms with E-state index in [0.717, 1.165) is 35.8 Å². The molecule has 0 aromatic heterocycles. The summed E-state index contributed by atoms with van der Waals surface area (Å²) in [6.45, 7) is 11.3. The van der Waals surface area contributed by atoms with Crippen molar-refractivity contribution in [2.24, 2.45) is 0 Å². The van der Waals surface area contributed by atoms with Crippen LogP contribution in [0.1, 0.15) is 71.3 Å². The van der Waals surface area contributed by atoms with Crippen LogP contribution in [0, 0.1) is 0 Å². The molecule has 2 nitrogen and oxygen atoms in total. The molecule has 0 aliphatic heterocycles. The molecule has 0 amide bonds. The third-order valence-corrected chi connectivity index (χ3v) is 5.94. The SMILES string of the molecule is CCCN(CCC)CCCCCCCOc1cccc(-c2ccccc2Cl)c1CC. The molecule has 30 heavy (non-hydrogen) atoms. The van der Waals surface area contributed by atoms with Crippen LogP contribution in [0.25, 0.3) is 11.1 Å². The molecule has 0 aliphatic rings. The van der Waals surface area contributed by atoms with E-state index in [-0.39, 0.29) is 0 Å². The van der Waals surface area contributed by atoms with Crippen LogP contribution in [0.4, 0.5) is 0 Å². The number of benzene rings is 2. The van der Waals surface area contributed by atoms with Crippen LogP contribution in [0.2, 0.25) is 5.02 Å². The molecule has 2 aromatic carbocycles. The molecule has 2 rings (SSSR count). The summed E-state index contributed by atoms with van der Waals surface area (Å²) in [4.78, 5) is 2.61. The van der Waals surface area contributed by atoms with Gasteiger partial charge in [-0.05, 0) is 69.4 Å². The van der Waals surface area contributed by atoms with E-state index in [2.05, 4.69) is 49.9 Å². The highest BCUT2D eigenvalue weighted by molar-refractivity contribution is 6.33. The summed E-state index contributed by atoms with van der Waals surface area (Å²) in [5.74, 6) is 1.00. The van der Waals surface area contributed by atoms with Gasteiger partial charge >= 0.3 is 0 Å².